The van der Waals surface area contributed by atoms with Crippen molar-refractivity contribution in [1.29, 1.82) is 5.26 Å². The summed E-state index contributed by atoms with van der Waals surface area (Å²) in [5.74, 6) is -0.136. The molecule has 1 atom stereocenters. The van der Waals surface area contributed by atoms with Gasteiger partial charge in [0.2, 0.25) is 0 Å². The quantitative estimate of drug-likeness (QED) is 0.577. The van der Waals surface area contributed by atoms with Gasteiger partial charge >= 0.3 is 6.09 Å². The molecule has 1 amide bonds. The lowest BCUT2D eigenvalue weighted by Gasteiger charge is -2.28. The van der Waals surface area contributed by atoms with Gasteiger partial charge in [0.15, 0.2) is 0 Å². The first-order chi connectivity index (χ1) is 5.81. The van der Waals surface area contributed by atoms with Crippen LogP contribution in [0.4, 0.5) is 4.79 Å². The third kappa shape index (κ3) is 1.22. The van der Waals surface area contributed by atoms with Crippen LogP contribution in [-0.2, 0) is 4.74 Å². The van der Waals surface area contributed by atoms with E-state index in [1.54, 1.807) is 4.90 Å². The van der Waals surface area contributed by atoms with Gasteiger partial charge in [-0.2, -0.15) is 5.26 Å². The van der Waals surface area contributed by atoms with Gasteiger partial charge in [-0.25, -0.2) is 4.79 Å². The average Bonchev–Trinajstić information content (AvgIpc) is 2.88. The maximum Gasteiger partial charge on any atom is 0.410 e. The molecular weight excluding hydrogens is 156 g/mol. The van der Waals surface area contributed by atoms with Crippen LogP contribution in [0.25, 0.3) is 0 Å². The van der Waals surface area contributed by atoms with Crippen molar-refractivity contribution in [3.8, 4) is 6.07 Å². The fraction of sp³-hybridized carbons (Fsp3) is 0.750. The van der Waals surface area contributed by atoms with E-state index in [0.29, 0.717) is 12.6 Å². The van der Waals surface area contributed by atoms with Gasteiger partial charge in [-0.1, -0.05) is 0 Å². The Morgan fingerprint density at radius 2 is 2.33 bits per heavy atom. The Bertz CT molecular complexity index is 242. The van der Waals surface area contributed by atoms with Crippen LogP contribution in [0, 0.1) is 17.2 Å². The Labute approximate surface area is 70.7 Å². The van der Waals surface area contributed by atoms with Crippen LogP contribution in [0.2, 0.25) is 0 Å². The lowest BCUT2D eigenvalue weighted by molar-refractivity contribution is 0.0535. The molecule has 1 aliphatic heterocycles. The fourth-order valence-corrected chi connectivity index (χ4v) is 1.38. The van der Waals surface area contributed by atoms with E-state index < -0.39 is 0 Å². The summed E-state index contributed by atoms with van der Waals surface area (Å²) in [5, 5.41) is 8.63. The van der Waals surface area contributed by atoms with Crippen LogP contribution in [0.15, 0.2) is 0 Å². The Morgan fingerprint density at radius 3 is 2.92 bits per heavy atom. The summed E-state index contributed by atoms with van der Waals surface area (Å²) >= 11 is 0. The SMILES string of the molecule is N#CC1COC(=O)N(C2CC2)C1. The minimum absolute atomic E-state index is 0.136. The monoisotopic (exact) mass is 166 g/mol. The summed E-state index contributed by atoms with van der Waals surface area (Å²) in [7, 11) is 0. The molecule has 0 N–H and O–H groups in total. The lowest BCUT2D eigenvalue weighted by atomic mass is 10.1. The molecule has 2 rings (SSSR count). The first-order valence-corrected chi connectivity index (χ1v) is 4.14. The number of hydrogen-bond acceptors (Lipinski definition) is 3. The highest BCUT2D eigenvalue weighted by molar-refractivity contribution is 5.69. The highest BCUT2D eigenvalue weighted by atomic mass is 16.6. The van der Waals surface area contributed by atoms with E-state index in [-0.39, 0.29) is 18.6 Å². The molecule has 0 radical (unpaired) electrons. The standard InChI is InChI=1S/C8H10N2O2/c9-3-6-4-10(7-1-2-7)8(11)12-5-6/h6-7H,1-2,4-5H2. The van der Waals surface area contributed by atoms with E-state index in [4.69, 9.17) is 10.00 Å². The van der Waals surface area contributed by atoms with Gasteiger partial charge in [-0.3, -0.25) is 0 Å². The number of ether oxygens (including phenoxy) is 1. The fourth-order valence-electron chi connectivity index (χ4n) is 1.38. The van der Waals surface area contributed by atoms with Gasteiger partial charge in [0.05, 0.1) is 12.0 Å². The zero-order valence-electron chi connectivity index (χ0n) is 6.69. The second-order valence-electron chi connectivity index (χ2n) is 3.29. The third-order valence-electron chi connectivity index (χ3n) is 2.23. The Hall–Kier alpha value is -1.24. The van der Waals surface area contributed by atoms with E-state index in [1.165, 1.54) is 0 Å². The highest BCUT2D eigenvalue weighted by Gasteiger charge is 2.37. The van der Waals surface area contributed by atoms with Gasteiger partial charge in [0, 0.05) is 12.6 Å². The van der Waals surface area contributed by atoms with Crippen LogP contribution >= 0.6 is 0 Å². The topological polar surface area (TPSA) is 53.3 Å². The van der Waals surface area contributed by atoms with Crippen LogP contribution < -0.4 is 0 Å². The zero-order valence-corrected chi connectivity index (χ0v) is 6.69. The Balaban J connectivity index is 2.00. The Kier molecular flexibility index (Phi) is 1.65. The predicted molar refractivity (Wildman–Crippen MR) is 40.2 cm³/mol. The normalized spacial score (nSPS) is 29.4. The van der Waals surface area contributed by atoms with Crippen molar-refractivity contribution in [3.05, 3.63) is 0 Å². The second-order valence-corrected chi connectivity index (χ2v) is 3.29. The number of carbonyl (C=O) groups is 1. The van der Waals surface area contributed by atoms with Crippen molar-refractivity contribution in [2.24, 2.45) is 5.92 Å². The summed E-state index contributed by atoms with van der Waals surface area (Å²) < 4.78 is 4.86. The number of nitriles is 1. The molecule has 4 heteroatoms. The van der Waals surface area contributed by atoms with Crippen LogP contribution in [0.3, 0.4) is 0 Å². The van der Waals surface area contributed by atoms with Crippen LogP contribution in [0.5, 0.6) is 0 Å². The number of amides is 1. The molecule has 1 heterocycles. The molecule has 2 fully saturated rings. The summed E-state index contributed by atoms with van der Waals surface area (Å²) in [6.45, 7) is 0.818. The molecule has 1 aliphatic carbocycles. The largest absolute Gasteiger partial charge is 0.448 e. The molecule has 0 aromatic rings. The number of nitrogens with zero attached hydrogens (tertiary/aromatic N) is 2. The predicted octanol–water partition coefficient (Wildman–Crippen LogP) is 0.741. The molecule has 0 bridgehead atoms. The maximum atomic E-state index is 11.1. The molecular formula is C8H10N2O2. The summed E-state index contributed by atoms with van der Waals surface area (Å²) in [5.41, 5.74) is 0. The first kappa shape index (κ1) is 7.41. The summed E-state index contributed by atoms with van der Waals surface area (Å²) in [4.78, 5) is 12.8. The van der Waals surface area contributed by atoms with Crippen LogP contribution in [0.1, 0.15) is 12.8 Å². The molecule has 1 saturated carbocycles. The van der Waals surface area contributed by atoms with E-state index >= 15 is 0 Å². The number of hydrogen-bond donors (Lipinski definition) is 0. The van der Waals surface area contributed by atoms with Gasteiger partial charge < -0.3 is 9.64 Å². The van der Waals surface area contributed by atoms with E-state index in [2.05, 4.69) is 6.07 Å². The lowest BCUT2D eigenvalue weighted by Crippen LogP contribution is -2.43. The van der Waals surface area contributed by atoms with E-state index in [9.17, 15) is 4.79 Å². The minimum Gasteiger partial charge on any atom is -0.448 e. The van der Waals surface area contributed by atoms with E-state index in [0.717, 1.165) is 12.8 Å². The number of cyclic esters (lactones) is 1. The first-order valence-electron chi connectivity index (χ1n) is 4.14. The number of carbonyl (C=O) groups excluding carboxylic acids is 1. The summed E-state index contributed by atoms with van der Waals surface area (Å²) in [6.07, 6.45) is 1.88. The van der Waals surface area contributed by atoms with Crippen molar-refractivity contribution in [2.45, 2.75) is 18.9 Å². The maximum absolute atomic E-state index is 11.1. The molecule has 0 aromatic carbocycles. The molecule has 1 unspecified atom stereocenters. The molecule has 1 saturated heterocycles. The van der Waals surface area contributed by atoms with Gasteiger partial charge in [0.25, 0.3) is 0 Å². The van der Waals surface area contributed by atoms with Crippen molar-refractivity contribution in [2.75, 3.05) is 13.2 Å². The highest BCUT2D eigenvalue weighted by Crippen LogP contribution is 2.29. The van der Waals surface area contributed by atoms with Crippen molar-refractivity contribution >= 4 is 6.09 Å². The van der Waals surface area contributed by atoms with Gasteiger partial charge in [-0.15, -0.1) is 0 Å². The minimum atomic E-state index is -0.246. The molecule has 12 heavy (non-hydrogen) atoms. The third-order valence-corrected chi connectivity index (χ3v) is 2.23. The van der Waals surface area contributed by atoms with Crippen molar-refractivity contribution in [3.63, 3.8) is 0 Å². The number of rotatable bonds is 1. The molecule has 0 aromatic heterocycles. The summed E-state index contributed by atoms with van der Waals surface area (Å²) in [6, 6.07) is 2.47. The average molecular weight is 166 g/mol. The van der Waals surface area contributed by atoms with E-state index in [1.807, 2.05) is 0 Å². The second kappa shape index (κ2) is 2.67. The molecule has 2 aliphatic rings. The van der Waals surface area contributed by atoms with Crippen molar-refractivity contribution in [1.82, 2.24) is 4.90 Å². The smallest absolute Gasteiger partial charge is 0.410 e. The molecule has 64 valence electrons. The van der Waals surface area contributed by atoms with Gasteiger partial charge in [0.1, 0.15) is 6.61 Å². The molecule has 4 nitrogen and oxygen atoms in total. The van der Waals surface area contributed by atoms with Gasteiger partial charge in [-0.05, 0) is 12.8 Å². The molecule has 0 spiro atoms. The zero-order chi connectivity index (χ0) is 8.55. The Morgan fingerprint density at radius 1 is 1.58 bits per heavy atom. The van der Waals surface area contributed by atoms with Crippen molar-refractivity contribution < 1.29 is 9.53 Å². The van der Waals surface area contributed by atoms with Crippen LogP contribution in [-0.4, -0.2) is 30.2 Å².